The number of hydrogen-bond donors (Lipinski definition) is 3. The summed E-state index contributed by atoms with van der Waals surface area (Å²) in [7, 11) is 1.79. The normalized spacial score (nSPS) is 10.1. The van der Waals surface area contributed by atoms with Gasteiger partial charge in [-0.15, -0.1) is 0 Å². The van der Waals surface area contributed by atoms with Crippen LogP contribution in [0.2, 0.25) is 0 Å². The minimum Gasteiger partial charge on any atom is -0.505 e. The fourth-order valence-electron chi connectivity index (χ4n) is 1.37. The highest BCUT2D eigenvalue weighted by atomic mass is 16.3. The van der Waals surface area contributed by atoms with Crippen molar-refractivity contribution in [2.24, 2.45) is 5.73 Å². The summed E-state index contributed by atoms with van der Waals surface area (Å²) in [6.07, 6.45) is 0.809. The van der Waals surface area contributed by atoms with Crippen LogP contribution in [0.1, 0.15) is 11.1 Å². The van der Waals surface area contributed by atoms with Crippen LogP contribution < -0.4 is 11.1 Å². The van der Waals surface area contributed by atoms with Crippen molar-refractivity contribution >= 4 is 5.69 Å². The van der Waals surface area contributed by atoms with Crippen LogP contribution in [0, 0.1) is 6.92 Å². The maximum absolute atomic E-state index is 9.70. The third-order valence-corrected chi connectivity index (χ3v) is 2.23. The number of aromatic hydroxyl groups is 1. The lowest BCUT2D eigenvalue weighted by Gasteiger charge is -2.10. The Bertz CT molecular complexity index is 297. The van der Waals surface area contributed by atoms with Gasteiger partial charge in [0.05, 0.1) is 5.69 Å². The van der Waals surface area contributed by atoms with Gasteiger partial charge in [-0.05, 0) is 37.1 Å². The number of anilines is 1. The lowest BCUT2D eigenvalue weighted by molar-refractivity contribution is 0.472. The summed E-state index contributed by atoms with van der Waals surface area (Å²) in [4.78, 5) is 0. The quantitative estimate of drug-likeness (QED) is 0.613. The minimum atomic E-state index is 0.327. The molecule has 1 rings (SSSR count). The van der Waals surface area contributed by atoms with E-state index < -0.39 is 0 Å². The minimum absolute atomic E-state index is 0.327. The topological polar surface area (TPSA) is 58.3 Å². The molecule has 0 heterocycles. The van der Waals surface area contributed by atoms with Crippen LogP contribution in [-0.2, 0) is 6.42 Å². The van der Waals surface area contributed by atoms with Gasteiger partial charge >= 0.3 is 0 Å². The molecule has 3 nitrogen and oxygen atoms in total. The summed E-state index contributed by atoms with van der Waals surface area (Å²) in [5, 5.41) is 12.6. The second-order valence-corrected chi connectivity index (χ2v) is 3.03. The van der Waals surface area contributed by atoms with E-state index in [9.17, 15) is 5.11 Å². The molecule has 0 fully saturated rings. The molecule has 3 heteroatoms. The average Bonchev–Trinajstić information content (AvgIpc) is 2.14. The fourth-order valence-corrected chi connectivity index (χ4v) is 1.37. The number of benzene rings is 1. The van der Waals surface area contributed by atoms with Gasteiger partial charge in [0.1, 0.15) is 5.75 Å². The van der Waals surface area contributed by atoms with Gasteiger partial charge in [0.15, 0.2) is 0 Å². The molecule has 0 unspecified atom stereocenters. The summed E-state index contributed by atoms with van der Waals surface area (Å²) in [6.45, 7) is 2.51. The van der Waals surface area contributed by atoms with Crippen LogP contribution in [0.15, 0.2) is 12.1 Å². The van der Waals surface area contributed by atoms with E-state index in [0.717, 1.165) is 23.2 Å². The van der Waals surface area contributed by atoms with E-state index in [1.165, 1.54) is 0 Å². The number of nitrogens with one attached hydrogen (secondary N) is 1. The first-order chi connectivity index (χ1) is 6.20. The van der Waals surface area contributed by atoms with E-state index in [1.54, 1.807) is 7.05 Å². The van der Waals surface area contributed by atoms with Crippen LogP contribution in [-0.4, -0.2) is 18.7 Å². The van der Waals surface area contributed by atoms with Crippen LogP contribution in [0.5, 0.6) is 5.75 Å². The third kappa shape index (κ3) is 1.92. The third-order valence-electron chi connectivity index (χ3n) is 2.23. The fraction of sp³-hybridized carbons (Fsp3) is 0.400. The van der Waals surface area contributed by atoms with E-state index in [4.69, 9.17) is 5.73 Å². The molecule has 0 bridgehead atoms. The molecule has 0 aromatic heterocycles. The van der Waals surface area contributed by atoms with Crippen molar-refractivity contribution < 1.29 is 5.11 Å². The van der Waals surface area contributed by atoms with Gasteiger partial charge in [0.25, 0.3) is 0 Å². The predicted octanol–water partition coefficient (Wildman–Crippen LogP) is 1.24. The van der Waals surface area contributed by atoms with Crippen molar-refractivity contribution in [2.45, 2.75) is 13.3 Å². The highest BCUT2D eigenvalue weighted by Gasteiger charge is 2.06. The van der Waals surface area contributed by atoms with E-state index in [1.807, 2.05) is 19.1 Å². The first-order valence-corrected chi connectivity index (χ1v) is 4.40. The molecule has 0 spiro atoms. The molecule has 0 aliphatic carbocycles. The Morgan fingerprint density at radius 2 is 2.15 bits per heavy atom. The Kier molecular flexibility index (Phi) is 3.14. The van der Waals surface area contributed by atoms with Crippen molar-refractivity contribution in [1.82, 2.24) is 0 Å². The Balaban J connectivity index is 3.07. The maximum Gasteiger partial charge on any atom is 0.141 e. The van der Waals surface area contributed by atoms with Crippen LogP contribution in [0.3, 0.4) is 0 Å². The summed E-state index contributed by atoms with van der Waals surface area (Å²) in [5.74, 6) is 0.327. The molecule has 0 saturated heterocycles. The molecule has 13 heavy (non-hydrogen) atoms. The molecule has 4 N–H and O–H groups in total. The monoisotopic (exact) mass is 180 g/mol. The molecule has 0 amide bonds. The van der Waals surface area contributed by atoms with Gasteiger partial charge in [-0.25, -0.2) is 0 Å². The van der Waals surface area contributed by atoms with E-state index in [-0.39, 0.29) is 0 Å². The summed E-state index contributed by atoms with van der Waals surface area (Å²) >= 11 is 0. The molecule has 1 aromatic rings. The van der Waals surface area contributed by atoms with Crippen molar-refractivity contribution in [3.8, 4) is 5.75 Å². The van der Waals surface area contributed by atoms with Crippen molar-refractivity contribution in [1.29, 1.82) is 0 Å². The molecule has 1 aromatic carbocycles. The smallest absolute Gasteiger partial charge is 0.141 e. The van der Waals surface area contributed by atoms with Crippen LogP contribution in [0.25, 0.3) is 0 Å². The summed E-state index contributed by atoms with van der Waals surface area (Å²) in [6, 6.07) is 3.86. The zero-order valence-electron chi connectivity index (χ0n) is 8.09. The van der Waals surface area contributed by atoms with Crippen molar-refractivity contribution in [3.63, 3.8) is 0 Å². The Morgan fingerprint density at radius 3 is 2.69 bits per heavy atom. The molecular weight excluding hydrogens is 164 g/mol. The van der Waals surface area contributed by atoms with Crippen LogP contribution in [0.4, 0.5) is 5.69 Å². The van der Waals surface area contributed by atoms with Gasteiger partial charge in [0, 0.05) is 7.05 Å². The van der Waals surface area contributed by atoms with Gasteiger partial charge in [-0.2, -0.15) is 0 Å². The zero-order chi connectivity index (χ0) is 9.84. The highest BCUT2D eigenvalue weighted by molar-refractivity contribution is 5.60. The van der Waals surface area contributed by atoms with Crippen LogP contribution >= 0.6 is 0 Å². The number of hydrogen-bond acceptors (Lipinski definition) is 3. The SMILES string of the molecule is CNc1ccc(CCN)c(C)c1O. The van der Waals surface area contributed by atoms with E-state index >= 15 is 0 Å². The molecular formula is C10H16N2O. The summed E-state index contributed by atoms with van der Waals surface area (Å²) in [5.41, 5.74) is 8.24. The van der Waals surface area contributed by atoms with Gasteiger partial charge < -0.3 is 16.2 Å². The Labute approximate surface area is 78.6 Å². The molecule has 72 valence electrons. The predicted molar refractivity (Wildman–Crippen MR) is 55.1 cm³/mol. The van der Waals surface area contributed by atoms with E-state index in [2.05, 4.69) is 5.32 Å². The lowest BCUT2D eigenvalue weighted by atomic mass is 10.0. The first kappa shape index (κ1) is 9.86. The molecule has 0 aliphatic heterocycles. The second kappa shape index (κ2) is 4.14. The second-order valence-electron chi connectivity index (χ2n) is 3.03. The van der Waals surface area contributed by atoms with Gasteiger partial charge in [-0.1, -0.05) is 6.07 Å². The first-order valence-electron chi connectivity index (χ1n) is 4.40. The molecule has 0 atom stereocenters. The molecule has 0 saturated carbocycles. The number of phenols is 1. The van der Waals surface area contributed by atoms with Gasteiger partial charge in [0.2, 0.25) is 0 Å². The standard InChI is InChI=1S/C10H16N2O/c1-7-8(5-6-11)3-4-9(12-2)10(7)13/h3-4,12-13H,5-6,11H2,1-2H3. The summed E-state index contributed by atoms with van der Waals surface area (Å²) < 4.78 is 0. The maximum atomic E-state index is 9.70. The van der Waals surface area contributed by atoms with Gasteiger partial charge in [-0.3, -0.25) is 0 Å². The largest absolute Gasteiger partial charge is 0.505 e. The van der Waals surface area contributed by atoms with Crippen molar-refractivity contribution in [2.75, 3.05) is 18.9 Å². The Morgan fingerprint density at radius 1 is 1.46 bits per heavy atom. The zero-order valence-corrected chi connectivity index (χ0v) is 8.09. The highest BCUT2D eigenvalue weighted by Crippen LogP contribution is 2.29. The van der Waals surface area contributed by atoms with Crippen molar-refractivity contribution in [3.05, 3.63) is 23.3 Å². The average molecular weight is 180 g/mol. The number of rotatable bonds is 3. The molecule has 0 radical (unpaired) electrons. The molecule has 0 aliphatic rings. The number of nitrogens with two attached hydrogens (primary N) is 1. The van der Waals surface area contributed by atoms with E-state index in [0.29, 0.717) is 12.3 Å². The Hall–Kier alpha value is -1.22. The lowest BCUT2D eigenvalue weighted by Crippen LogP contribution is -2.04. The number of phenolic OH excluding ortho intramolecular Hbond substituents is 1.